The molecular formula is C10H14ClGe. The molecule has 0 amide bonds. The van der Waals surface area contributed by atoms with Gasteiger partial charge in [0.25, 0.3) is 0 Å². The van der Waals surface area contributed by atoms with E-state index in [2.05, 4.69) is 38.7 Å². The van der Waals surface area contributed by atoms with Gasteiger partial charge in [0.2, 0.25) is 0 Å². The van der Waals surface area contributed by atoms with Crippen LogP contribution in [0.1, 0.15) is 16.7 Å². The molecule has 0 N–H and O–H groups in total. The second-order valence-electron chi connectivity index (χ2n) is 3.31. The summed E-state index contributed by atoms with van der Waals surface area (Å²) in [5.74, 6) is 2.19. The molecule has 0 fully saturated rings. The predicted octanol–water partition coefficient (Wildman–Crippen LogP) is 2.68. The summed E-state index contributed by atoms with van der Waals surface area (Å²) in [6, 6.07) is 4.45. The molecule has 1 aromatic carbocycles. The molecule has 12 heavy (non-hydrogen) atoms. The SMILES string of the molecule is Cc1cc(C)[c]([Ge]([CH3])[Cl])c(C)c1. The molecule has 0 aliphatic carbocycles. The van der Waals surface area contributed by atoms with E-state index in [9.17, 15) is 0 Å². The van der Waals surface area contributed by atoms with Crippen molar-refractivity contribution in [2.24, 2.45) is 0 Å². The van der Waals surface area contributed by atoms with E-state index >= 15 is 0 Å². The number of benzene rings is 1. The van der Waals surface area contributed by atoms with Crippen LogP contribution in [0.15, 0.2) is 12.1 Å². The fourth-order valence-corrected chi connectivity index (χ4v) is 5.86. The Kier molecular flexibility index (Phi) is 3.24. The molecular weight excluding hydrogens is 228 g/mol. The molecule has 0 aliphatic rings. The van der Waals surface area contributed by atoms with E-state index in [0.717, 1.165) is 0 Å². The van der Waals surface area contributed by atoms with Crippen LogP contribution in [0.25, 0.3) is 0 Å². The van der Waals surface area contributed by atoms with Crippen LogP contribution in [0.4, 0.5) is 0 Å². The Morgan fingerprint density at radius 2 is 1.50 bits per heavy atom. The molecule has 0 bridgehead atoms. The zero-order valence-corrected chi connectivity index (χ0v) is 10.9. The quantitative estimate of drug-likeness (QED) is 0.664. The van der Waals surface area contributed by atoms with Gasteiger partial charge in [-0.2, -0.15) is 0 Å². The molecule has 65 valence electrons. The van der Waals surface area contributed by atoms with Gasteiger partial charge < -0.3 is 0 Å². The van der Waals surface area contributed by atoms with Gasteiger partial charge in [-0.05, 0) is 0 Å². The molecule has 0 saturated carbocycles. The van der Waals surface area contributed by atoms with E-state index < -0.39 is 13.4 Å². The van der Waals surface area contributed by atoms with Gasteiger partial charge in [0.05, 0.1) is 0 Å². The zero-order chi connectivity index (χ0) is 9.30. The molecule has 0 aromatic heterocycles. The second-order valence-corrected chi connectivity index (χ2v) is 9.54. The minimum atomic E-state index is -1.41. The summed E-state index contributed by atoms with van der Waals surface area (Å²) in [5, 5.41) is 0. The summed E-state index contributed by atoms with van der Waals surface area (Å²) < 4.78 is 1.45. The van der Waals surface area contributed by atoms with Crippen LogP contribution in [0.3, 0.4) is 0 Å². The molecule has 1 rings (SSSR count). The Morgan fingerprint density at radius 3 is 1.83 bits per heavy atom. The summed E-state index contributed by atoms with van der Waals surface area (Å²) >= 11 is -1.41. The molecule has 0 aliphatic heterocycles. The standard InChI is InChI=1S/C10H14ClGe/c1-7-5-8(2)10(12(4)11)9(3)6-7/h5-6H,1-4H3. The van der Waals surface area contributed by atoms with Crippen LogP contribution in [0.5, 0.6) is 0 Å². The first-order valence-corrected chi connectivity index (χ1v) is 10.00. The first-order chi connectivity index (χ1) is 5.52. The topological polar surface area (TPSA) is 0 Å². The Balaban J connectivity index is 3.28. The van der Waals surface area contributed by atoms with Crippen molar-refractivity contribution < 1.29 is 0 Å². The third-order valence-electron chi connectivity index (χ3n) is 2.02. The first-order valence-electron chi connectivity index (χ1n) is 4.09. The van der Waals surface area contributed by atoms with Crippen molar-refractivity contribution in [1.82, 2.24) is 0 Å². The van der Waals surface area contributed by atoms with E-state index in [1.165, 1.54) is 21.1 Å². The van der Waals surface area contributed by atoms with Crippen molar-refractivity contribution >= 4 is 27.8 Å². The van der Waals surface area contributed by atoms with Gasteiger partial charge in [0, 0.05) is 0 Å². The third-order valence-corrected chi connectivity index (χ3v) is 6.10. The van der Waals surface area contributed by atoms with Gasteiger partial charge in [-0.3, -0.25) is 0 Å². The fraction of sp³-hybridized carbons (Fsp3) is 0.400. The van der Waals surface area contributed by atoms with Crippen LogP contribution >= 0.6 is 10.0 Å². The van der Waals surface area contributed by atoms with Crippen molar-refractivity contribution in [1.29, 1.82) is 0 Å². The third kappa shape index (κ3) is 2.05. The zero-order valence-electron chi connectivity index (χ0n) is 8.03. The fourth-order valence-electron chi connectivity index (χ4n) is 1.72. The Labute approximate surface area is 83.2 Å². The van der Waals surface area contributed by atoms with Gasteiger partial charge in [-0.1, -0.05) is 0 Å². The van der Waals surface area contributed by atoms with Crippen molar-refractivity contribution in [2.75, 3.05) is 0 Å². The van der Waals surface area contributed by atoms with Crippen molar-refractivity contribution in [3.8, 4) is 0 Å². The predicted molar refractivity (Wildman–Crippen MR) is 57.8 cm³/mol. The van der Waals surface area contributed by atoms with E-state index in [1.807, 2.05) is 0 Å². The van der Waals surface area contributed by atoms with Crippen molar-refractivity contribution in [3.05, 3.63) is 28.8 Å². The summed E-state index contributed by atoms with van der Waals surface area (Å²) in [6.45, 7) is 6.45. The monoisotopic (exact) mass is 243 g/mol. The summed E-state index contributed by atoms with van der Waals surface area (Å²) in [5.41, 5.74) is 4.09. The van der Waals surface area contributed by atoms with E-state index in [4.69, 9.17) is 10.0 Å². The van der Waals surface area contributed by atoms with Gasteiger partial charge in [-0.15, -0.1) is 0 Å². The normalized spacial score (nSPS) is 10.8. The number of hydrogen-bond acceptors (Lipinski definition) is 0. The maximum atomic E-state index is 6.23. The van der Waals surface area contributed by atoms with Crippen LogP contribution in [0.2, 0.25) is 5.76 Å². The number of hydrogen-bond donors (Lipinski definition) is 0. The van der Waals surface area contributed by atoms with Crippen LogP contribution in [-0.2, 0) is 0 Å². The van der Waals surface area contributed by atoms with E-state index in [1.54, 1.807) is 0 Å². The molecule has 2 heteroatoms. The van der Waals surface area contributed by atoms with Crippen LogP contribution < -0.4 is 4.40 Å². The Hall–Kier alpha value is 0.0529. The molecule has 0 unspecified atom stereocenters. The number of rotatable bonds is 1. The average molecular weight is 242 g/mol. The second kappa shape index (κ2) is 3.84. The van der Waals surface area contributed by atoms with Crippen molar-refractivity contribution in [3.63, 3.8) is 0 Å². The summed E-state index contributed by atoms with van der Waals surface area (Å²) in [4.78, 5) is 0. The molecule has 0 atom stereocenters. The van der Waals surface area contributed by atoms with Gasteiger partial charge in [0.1, 0.15) is 0 Å². The number of halogens is 1. The molecule has 0 nitrogen and oxygen atoms in total. The maximum absolute atomic E-state index is 6.23. The van der Waals surface area contributed by atoms with Gasteiger partial charge in [-0.25, -0.2) is 0 Å². The number of aryl methyl sites for hydroxylation is 3. The Bertz CT molecular complexity index is 269. The molecule has 1 radical (unpaired) electrons. The molecule has 1 aromatic rings. The average Bonchev–Trinajstić information content (AvgIpc) is 1.82. The molecule has 0 saturated heterocycles. The first kappa shape index (κ1) is 10.1. The van der Waals surface area contributed by atoms with Gasteiger partial charge >= 0.3 is 83.2 Å². The Morgan fingerprint density at radius 1 is 1.08 bits per heavy atom. The van der Waals surface area contributed by atoms with E-state index in [0.29, 0.717) is 0 Å². The minimum absolute atomic E-state index is 1.34. The van der Waals surface area contributed by atoms with Crippen LogP contribution in [-0.4, -0.2) is 13.4 Å². The molecule has 0 heterocycles. The van der Waals surface area contributed by atoms with Gasteiger partial charge in [0.15, 0.2) is 0 Å². The summed E-state index contributed by atoms with van der Waals surface area (Å²) in [6.07, 6.45) is 0. The van der Waals surface area contributed by atoms with E-state index in [-0.39, 0.29) is 0 Å². The summed E-state index contributed by atoms with van der Waals surface area (Å²) in [7, 11) is 6.23. The van der Waals surface area contributed by atoms with Crippen LogP contribution in [0, 0.1) is 20.8 Å². The molecule has 0 spiro atoms. The van der Waals surface area contributed by atoms with Crippen molar-refractivity contribution in [2.45, 2.75) is 26.5 Å².